The van der Waals surface area contributed by atoms with Crippen LogP contribution in [0.5, 0.6) is 0 Å². The molecule has 0 bridgehead atoms. The van der Waals surface area contributed by atoms with Gasteiger partial charge in [-0.25, -0.2) is 14.0 Å². The van der Waals surface area contributed by atoms with Crippen LogP contribution in [-0.4, -0.2) is 72.6 Å². The molecule has 4 N–H and O–H groups in total. The smallest absolute Gasteiger partial charge is 0.411 e. The lowest BCUT2D eigenvalue weighted by Gasteiger charge is -2.37. The van der Waals surface area contributed by atoms with Gasteiger partial charge in [0.25, 0.3) is 0 Å². The molecule has 2 aromatic rings. The number of anilines is 1. The number of carboxylic acid groups (broad SMARTS) is 1. The number of nitrogens with zero attached hydrogens (tertiary/aromatic N) is 3. The Morgan fingerprint density at radius 2 is 1.83 bits per heavy atom. The minimum absolute atomic E-state index is 0.0247. The standard InChI is InChI=1S/C20H24FN3O9P2/c1-20(34-29,35(30,31)32)33-19(28)23-6-4-22(5-7-23)16-9-15-12(8-14(16)21)17(25)13(18(26)27)10-24(15)11-2-3-11/h8-11,29,34H,2-7H2,1H3,(H,26,27)(H2,30,31,32). The molecule has 2 unspecified atom stereocenters. The van der Waals surface area contributed by atoms with Gasteiger partial charge in [0, 0.05) is 43.8 Å². The van der Waals surface area contributed by atoms with Gasteiger partial charge in [-0.05, 0) is 31.9 Å². The predicted octanol–water partition coefficient (Wildman–Crippen LogP) is 1.87. The number of rotatable bonds is 6. The summed E-state index contributed by atoms with van der Waals surface area (Å²) in [6, 6.07) is 2.56. The molecule has 1 saturated heterocycles. The summed E-state index contributed by atoms with van der Waals surface area (Å²) >= 11 is 0. The molecule has 1 amide bonds. The first-order chi connectivity index (χ1) is 16.4. The van der Waals surface area contributed by atoms with E-state index in [1.54, 1.807) is 9.47 Å². The van der Waals surface area contributed by atoms with E-state index >= 15 is 4.39 Å². The Balaban J connectivity index is 1.57. The molecule has 2 fully saturated rings. The molecule has 0 radical (unpaired) electrons. The van der Waals surface area contributed by atoms with Crippen molar-refractivity contribution in [2.24, 2.45) is 0 Å². The van der Waals surface area contributed by atoms with Crippen LogP contribution in [0.3, 0.4) is 0 Å². The van der Waals surface area contributed by atoms with E-state index in [0.29, 0.717) is 5.52 Å². The number of hydrogen-bond acceptors (Lipinski definition) is 7. The Kier molecular flexibility index (Phi) is 6.67. The highest BCUT2D eigenvalue weighted by Gasteiger charge is 2.47. The van der Waals surface area contributed by atoms with Gasteiger partial charge in [-0.15, -0.1) is 0 Å². The highest BCUT2D eigenvalue weighted by Crippen LogP contribution is 2.59. The highest BCUT2D eigenvalue weighted by atomic mass is 31.2. The molecular weight excluding hydrogens is 507 g/mol. The molecule has 1 aromatic carbocycles. The molecule has 2 atom stereocenters. The van der Waals surface area contributed by atoms with Crippen LogP contribution < -0.4 is 10.3 Å². The predicted molar refractivity (Wildman–Crippen MR) is 125 cm³/mol. The number of aromatic carboxylic acids is 1. The molecule has 0 spiro atoms. The quantitative estimate of drug-likeness (QED) is 0.404. The average molecular weight is 531 g/mol. The van der Waals surface area contributed by atoms with Crippen molar-refractivity contribution in [3.05, 3.63) is 39.9 Å². The van der Waals surface area contributed by atoms with E-state index in [-0.39, 0.29) is 43.3 Å². The lowest BCUT2D eigenvalue weighted by molar-refractivity contribution is 0.0680. The number of carbonyl (C=O) groups excluding carboxylic acids is 1. The number of halogens is 1. The van der Waals surface area contributed by atoms with Crippen molar-refractivity contribution in [3.63, 3.8) is 0 Å². The number of aromatic nitrogens is 1. The normalized spacial score (nSPS) is 18.8. The molecule has 12 nitrogen and oxygen atoms in total. The maximum absolute atomic E-state index is 15.1. The minimum atomic E-state index is -4.94. The summed E-state index contributed by atoms with van der Waals surface area (Å²) in [6.07, 6.45) is 1.90. The molecule has 190 valence electrons. The van der Waals surface area contributed by atoms with Crippen LogP contribution in [0, 0.1) is 5.82 Å². The molecule has 4 rings (SSSR count). The van der Waals surface area contributed by atoms with Crippen LogP contribution >= 0.6 is 16.4 Å². The third-order valence-electron chi connectivity index (χ3n) is 6.20. The number of carboxylic acids is 1. The summed E-state index contributed by atoms with van der Waals surface area (Å²) in [4.78, 5) is 67.5. The molecular formula is C20H24FN3O9P2. The maximum Gasteiger partial charge on any atom is 0.411 e. The second-order valence-electron chi connectivity index (χ2n) is 8.62. The Hall–Kier alpha value is -2.56. The van der Waals surface area contributed by atoms with Crippen molar-refractivity contribution < 1.29 is 43.1 Å². The molecule has 1 aliphatic heterocycles. The lowest BCUT2D eigenvalue weighted by Crippen LogP contribution is -2.50. The Morgan fingerprint density at radius 3 is 2.34 bits per heavy atom. The van der Waals surface area contributed by atoms with Crippen molar-refractivity contribution >= 4 is 45.1 Å². The number of fused-ring (bicyclic) bond motifs is 1. The third kappa shape index (κ3) is 4.79. The third-order valence-corrected chi connectivity index (χ3v) is 9.09. The molecule has 1 saturated carbocycles. The number of amides is 1. The highest BCUT2D eigenvalue weighted by molar-refractivity contribution is 7.64. The topological polar surface area (TPSA) is 170 Å². The van der Waals surface area contributed by atoms with Gasteiger partial charge in [0.2, 0.25) is 10.5 Å². The summed E-state index contributed by atoms with van der Waals surface area (Å²) in [5, 5.41) is 6.99. The second kappa shape index (κ2) is 9.15. The van der Waals surface area contributed by atoms with Crippen molar-refractivity contribution in [2.45, 2.75) is 30.9 Å². The summed E-state index contributed by atoms with van der Waals surface area (Å²) in [5.74, 6) is -2.10. The number of carbonyl (C=O) groups is 2. The molecule has 2 aliphatic rings. The van der Waals surface area contributed by atoms with E-state index in [2.05, 4.69) is 0 Å². The number of pyridine rings is 1. The van der Waals surface area contributed by atoms with Crippen LogP contribution in [0.25, 0.3) is 10.9 Å². The minimum Gasteiger partial charge on any atom is -0.477 e. The van der Waals surface area contributed by atoms with Crippen LogP contribution in [0.2, 0.25) is 0 Å². The van der Waals surface area contributed by atoms with Gasteiger partial charge < -0.3 is 38.9 Å². The monoisotopic (exact) mass is 531 g/mol. The second-order valence-corrected chi connectivity index (χ2v) is 12.2. The van der Waals surface area contributed by atoms with E-state index in [9.17, 15) is 38.7 Å². The van der Waals surface area contributed by atoms with Crippen molar-refractivity contribution in [1.29, 1.82) is 0 Å². The zero-order valence-corrected chi connectivity index (χ0v) is 20.4. The summed E-state index contributed by atoms with van der Waals surface area (Å²) in [5.41, 5.74) is -0.587. The molecule has 1 aromatic heterocycles. The largest absolute Gasteiger partial charge is 0.477 e. The zero-order valence-electron chi connectivity index (χ0n) is 18.5. The Morgan fingerprint density at radius 1 is 1.20 bits per heavy atom. The molecule has 1 aliphatic carbocycles. The SMILES string of the molecule is CC(OC(=O)N1CCN(c2cc3c(cc2F)c(=O)c(C(=O)O)cn3C2CC2)CC1)(PO)P(=O)(O)O. The van der Waals surface area contributed by atoms with Crippen molar-refractivity contribution in [2.75, 3.05) is 31.1 Å². The van der Waals surface area contributed by atoms with E-state index in [1.165, 1.54) is 17.2 Å². The summed E-state index contributed by atoms with van der Waals surface area (Å²) in [7, 11) is -6.27. The van der Waals surface area contributed by atoms with Crippen LogP contribution in [-0.2, 0) is 9.30 Å². The van der Waals surface area contributed by atoms with Crippen LogP contribution in [0.1, 0.15) is 36.2 Å². The fraction of sp³-hybridized carbons (Fsp3) is 0.450. The summed E-state index contributed by atoms with van der Waals surface area (Å²) < 4.78 is 33.3. The number of piperazine rings is 1. The Bertz CT molecular complexity index is 1300. The van der Waals surface area contributed by atoms with Crippen molar-refractivity contribution in [1.82, 2.24) is 9.47 Å². The van der Waals surface area contributed by atoms with Crippen LogP contribution in [0.15, 0.2) is 23.1 Å². The van der Waals surface area contributed by atoms with Gasteiger partial charge in [-0.2, -0.15) is 0 Å². The van der Waals surface area contributed by atoms with Gasteiger partial charge in [0.1, 0.15) is 11.4 Å². The maximum atomic E-state index is 15.1. The average Bonchev–Trinajstić information content (AvgIpc) is 3.63. The van der Waals surface area contributed by atoms with E-state index in [1.807, 2.05) is 0 Å². The van der Waals surface area contributed by atoms with Gasteiger partial charge in [0.15, 0.2) is 0 Å². The number of ether oxygens (including phenoxy) is 1. The molecule has 35 heavy (non-hydrogen) atoms. The first-order valence-electron chi connectivity index (χ1n) is 10.7. The fourth-order valence-corrected chi connectivity index (χ4v) is 4.77. The first kappa shape index (κ1) is 25.5. The number of benzene rings is 1. The van der Waals surface area contributed by atoms with Gasteiger partial charge in [0.05, 0.1) is 20.0 Å². The van der Waals surface area contributed by atoms with E-state index < -0.39 is 50.4 Å². The van der Waals surface area contributed by atoms with E-state index in [0.717, 1.165) is 25.8 Å². The summed E-state index contributed by atoms with van der Waals surface area (Å²) in [6.45, 7) is 1.36. The van der Waals surface area contributed by atoms with Crippen molar-refractivity contribution in [3.8, 4) is 0 Å². The van der Waals surface area contributed by atoms with Crippen LogP contribution in [0.4, 0.5) is 14.9 Å². The fourth-order valence-electron chi connectivity index (χ4n) is 3.92. The van der Waals surface area contributed by atoms with E-state index in [4.69, 9.17) is 4.74 Å². The lowest BCUT2D eigenvalue weighted by atomic mass is 10.1. The molecule has 2 heterocycles. The van der Waals surface area contributed by atoms with Gasteiger partial charge >= 0.3 is 19.7 Å². The zero-order chi connectivity index (χ0) is 25.7. The molecule has 15 heteroatoms. The first-order valence-corrected chi connectivity index (χ1v) is 13.2. The van der Waals surface area contributed by atoms with Gasteiger partial charge in [-0.3, -0.25) is 9.36 Å². The van der Waals surface area contributed by atoms with Gasteiger partial charge in [-0.1, -0.05) is 0 Å². The number of hydrogen-bond donors (Lipinski definition) is 4. The Labute approximate surface area is 199 Å².